The van der Waals surface area contributed by atoms with Crippen LogP contribution in [0, 0.1) is 5.82 Å². The fourth-order valence-electron chi connectivity index (χ4n) is 2.14. The summed E-state index contributed by atoms with van der Waals surface area (Å²) in [6.07, 6.45) is -0.0595. The van der Waals surface area contributed by atoms with Crippen molar-refractivity contribution in [2.24, 2.45) is 0 Å². The molecule has 0 spiro atoms. The van der Waals surface area contributed by atoms with Gasteiger partial charge in [0.05, 0.1) is 19.1 Å². The molecule has 0 radical (unpaired) electrons. The Balaban J connectivity index is 1.69. The third-order valence-electron chi connectivity index (χ3n) is 3.25. The molecule has 6 nitrogen and oxygen atoms in total. The van der Waals surface area contributed by atoms with Crippen LogP contribution >= 0.6 is 0 Å². The van der Waals surface area contributed by atoms with Crippen LogP contribution in [0.15, 0.2) is 53.1 Å². The lowest BCUT2D eigenvalue weighted by molar-refractivity contribution is -0.115. The minimum Gasteiger partial charge on any atom is -0.496 e. The van der Waals surface area contributed by atoms with E-state index >= 15 is 0 Å². The summed E-state index contributed by atoms with van der Waals surface area (Å²) in [6, 6.07) is 12.7. The molecule has 122 valence electrons. The fourth-order valence-corrected chi connectivity index (χ4v) is 2.14. The molecule has 24 heavy (non-hydrogen) atoms. The topological polar surface area (TPSA) is 77.2 Å². The van der Waals surface area contributed by atoms with E-state index in [1.165, 1.54) is 24.3 Å². The molecule has 0 aliphatic rings. The quantitative estimate of drug-likeness (QED) is 0.779. The zero-order valence-electron chi connectivity index (χ0n) is 12.8. The van der Waals surface area contributed by atoms with Crippen LogP contribution in [-0.4, -0.2) is 23.2 Å². The molecule has 0 unspecified atom stereocenters. The minimum absolute atomic E-state index is 0.0595. The molecule has 3 rings (SSSR count). The van der Waals surface area contributed by atoms with E-state index in [1.54, 1.807) is 19.2 Å². The zero-order chi connectivity index (χ0) is 16.9. The number of rotatable bonds is 5. The highest BCUT2D eigenvalue weighted by Gasteiger charge is 2.15. The van der Waals surface area contributed by atoms with E-state index in [-0.39, 0.29) is 29.9 Å². The van der Waals surface area contributed by atoms with E-state index in [0.29, 0.717) is 17.0 Å². The van der Waals surface area contributed by atoms with Crippen LogP contribution in [0.25, 0.3) is 11.5 Å². The number of para-hydroxylation sites is 1. The summed E-state index contributed by atoms with van der Waals surface area (Å²) in [5, 5.41) is 6.44. The van der Waals surface area contributed by atoms with Gasteiger partial charge < -0.3 is 14.6 Å². The highest BCUT2D eigenvalue weighted by atomic mass is 19.1. The van der Waals surface area contributed by atoms with Crippen molar-refractivity contribution in [3.63, 3.8) is 0 Å². The first-order valence-corrected chi connectivity index (χ1v) is 7.17. The van der Waals surface area contributed by atoms with Crippen molar-refractivity contribution < 1.29 is 18.4 Å². The van der Waals surface area contributed by atoms with Crippen molar-refractivity contribution in [3.05, 3.63) is 60.2 Å². The van der Waals surface area contributed by atoms with Crippen molar-refractivity contribution in [2.45, 2.75) is 6.42 Å². The summed E-state index contributed by atoms with van der Waals surface area (Å²) in [4.78, 5) is 16.2. The summed E-state index contributed by atoms with van der Waals surface area (Å²) in [5.74, 6) is 0.428. The second kappa shape index (κ2) is 6.91. The van der Waals surface area contributed by atoms with Gasteiger partial charge in [-0.05, 0) is 36.4 Å². The molecule has 3 aromatic rings. The first-order valence-electron chi connectivity index (χ1n) is 7.17. The first kappa shape index (κ1) is 15.7. The number of ether oxygens (including phenoxy) is 1. The first-order chi connectivity index (χ1) is 11.7. The minimum atomic E-state index is -0.368. The third kappa shape index (κ3) is 3.57. The van der Waals surface area contributed by atoms with E-state index in [0.717, 1.165) is 0 Å². The molecule has 1 heterocycles. The molecule has 0 fully saturated rings. The third-order valence-corrected chi connectivity index (χ3v) is 3.25. The molecule has 0 atom stereocenters. The Kier molecular flexibility index (Phi) is 4.51. The predicted molar refractivity (Wildman–Crippen MR) is 85.0 cm³/mol. The fraction of sp³-hybridized carbons (Fsp3) is 0.118. The van der Waals surface area contributed by atoms with E-state index in [9.17, 15) is 9.18 Å². The Morgan fingerprint density at radius 2 is 1.96 bits per heavy atom. The van der Waals surface area contributed by atoms with E-state index in [2.05, 4.69) is 15.5 Å². The Labute approximate surface area is 137 Å². The van der Waals surface area contributed by atoms with Gasteiger partial charge in [-0.15, -0.1) is 0 Å². The number of carbonyl (C=O) groups excluding carboxylic acids is 1. The lowest BCUT2D eigenvalue weighted by atomic mass is 10.2. The van der Waals surface area contributed by atoms with Gasteiger partial charge in [-0.3, -0.25) is 4.79 Å². The summed E-state index contributed by atoms with van der Waals surface area (Å²) < 4.78 is 23.3. The van der Waals surface area contributed by atoms with Crippen LogP contribution < -0.4 is 10.1 Å². The van der Waals surface area contributed by atoms with Gasteiger partial charge in [-0.25, -0.2) is 4.39 Å². The van der Waals surface area contributed by atoms with Gasteiger partial charge in [0.2, 0.25) is 5.91 Å². The molecule has 1 amide bonds. The zero-order valence-corrected chi connectivity index (χ0v) is 12.8. The molecule has 0 aliphatic heterocycles. The van der Waals surface area contributed by atoms with Gasteiger partial charge >= 0.3 is 0 Å². The van der Waals surface area contributed by atoms with Gasteiger partial charge in [0.25, 0.3) is 5.89 Å². The van der Waals surface area contributed by atoms with Gasteiger partial charge in [0.15, 0.2) is 5.82 Å². The number of anilines is 1. The highest BCUT2D eigenvalue weighted by Crippen LogP contribution is 2.27. The number of benzene rings is 2. The maximum absolute atomic E-state index is 12.8. The highest BCUT2D eigenvalue weighted by molar-refractivity contribution is 5.91. The Morgan fingerprint density at radius 1 is 1.21 bits per heavy atom. The predicted octanol–water partition coefficient (Wildman–Crippen LogP) is 3.07. The SMILES string of the molecule is COc1ccccc1-c1nc(CC(=O)Nc2ccc(F)cc2)no1. The van der Waals surface area contributed by atoms with E-state index < -0.39 is 0 Å². The van der Waals surface area contributed by atoms with E-state index in [4.69, 9.17) is 9.26 Å². The summed E-state index contributed by atoms with van der Waals surface area (Å²) in [7, 11) is 1.55. The van der Waals surface area contributed by atoms with Crippen molar-refractivity contribution >= 4 is 11.6 Å². The van der Waals surface area contributed by atoms with Crippen LogP contribution in [-0.2, 0) is 11.2 Å². The second-order valence-electron chi connectivity index (χ2n) is 4.95. The average molecular weight is 327 g/mol. The summed E-state index contributed by atoms with van der Waals surface area (Å²) in [5.41, 5.74) is 1.15. The molecule has 7 heteroatoms. The number of aromatic nitrogens is 2. The average Bonchev–Trinajstić information content (AvgIpc) is 3.05. The van der Waals surface area contributed by atoms with Crippen LogP contribution in [0.2, 0.25) is 0 Å². The maximum atomic E-state index is 12.8. The van der Waals surface area contributed by atoms with Crippen LogP contribution in [0.4, 0.5) is 10.1 Å². The lowest BCUT2D eigenvalue weighted by Gasteiger charge is -2.03. The molecule has 2 aromatic carbocycles. The molecule has 0 saturated carbocycles. The van der Waals surface area contributed by atoms with Crippen LogP contribution in [0.5, 0.6) is 5.75 Å². The Morgan fingerprint density at radius 3 is 2.71 bits per heavy atom. The second-order valence-corrected chi connectivity index (χ2v) is 4.95. The van der Waals surface area contributed by atoms with Gasteiger partial charge in [0.1, 0.15) is 11.6 Å². The van der Waals surface area contributed by atoms with Crippen molar-refractivity contribution in [3.8, 4) is 17.2 Å². The normalized spacial score (nSPS) is 10.4. The number of methoxy groups -OCH3 is 1. The smallest absolute Gasteiger partial charge is 0.261 e. The number of carbonyl (C=O) groups is 1. The molecule has 0 bridgehead atoms. The largest absolute Gasteiger partial charge is 0.496 e. The number of nitrogens with zero attached hydrogens (tertiary/aromatic N) is 2. The number of amides is 1. The van der Waals surface area contributed by atoms with Gasteiger partial charge in [-0.2, -0.15) is 4.98 Å². The molecule has 0 saturated heterocycles. The Hall–Kier alpha value is -3.22. The van der Waals surface area contributed by atoms with Crippen molar-refractivity contribution in [1.82, 2.24) is 10.1 Å². The molecule has 1 N–H and O–H groups in total. The van der Waals surface area contributed by atoms with Crippen LogP contribution in [0.3, 0.4) is 0 Å². The standard InChI is InChI=1S/C17H14FN3O3/c1-23-14-5-3-2-4-13(14)17-20-15(21-24-17)10-16(22)19-12-8-6-11(18)7-9-12/h2-9H,10H2,1H3,(H,19,22). The monoisotopic (exact) mass is 327 g/mol. The van der Waals surface area contributed by atoms with Gasteiger partial charge in [0, 0.05) is 5.69 Å². The lowest BCUT2D eigenvalue weighted by Crippen LogP contribution is -2.15. The number of nitrogens with one attached hydrogen (secondary N) is 1. The molecule has 0 aliphatic carbocycles. The maximum Gasteiger partial charge on any atom is 0.261 e. The van der Waals surface area contributed by atoms with Crippen molar-refractivity contribution in [1.29, 1.82) is 0 Å². The molecular weight excluding hydrogens is 313 g/mol. The molecule has 1 aromatic heterocycles. The number of hydrogen-bond donors (Lipinski definition) is 1. The van der Waals surface area contributed by atoms with Gasteiger partial charge in [-0.1, -0.05) is 17.3 Å². The van der Waals surface area contributed by atoms with Crippen molar-refractivity contribution in [2.75, 3.05) is 12.4 Å². The summed E-state index contributed by atoms with van der Waals surface area (Å²) >= 11 is 0. The number of hydrogen-bond acceptors (Lipinski definition) is 5. The summed E-state index contributed by atoms with van der Waals surface area (Å²) in [6.45, 7) is 0. The van der Waals surface area contributed by atoms with Crippen LogP contribution in [0.1, 0.15) is 5.82 Å². The van der Waals surface area contributed by atoms with E-state index in [1.807, 2.05) is 12.1 Å². The number of halogens is 1. The Bertz CT molecular complexity index is 846. The molecular formula is C17H14FN3O3.